The van der Waals surface area contributed by atoms with Gasteiger partial charge in [0.2, 0.25) is 0 Å². The van der Waals surface area contributed by atoms with E-state index < -0.39 is 0 Å². The maximum absolute atomic E-state index is 6.26. The summed E-state index contributed by atoms with van der Waals surface area (Å²) in [6, 6.07) is 60.4. The van der Waals surface area contributed by atoms with Crippen LogP contribution in [0.4, 0.5) is 17.1 Å². The highest BCUT2D eigenvalue weighted by atomic mass is 16.3. The zero-order valence-corrected chi connectivity index (χ0v) is 30.9. The van der Waals surface area contributed by atoms with Crippen LogP contribution in [0.5, 0.6) is 0 Å². The van der Waals surface area contributed by atoms with Crippen molar-refractivity contribution in [3.8, 4) is 33.4 Å². The third-order valence-corrected chi connectivity index (χ3v) is 12.5. The van der Waals surface area contributed by atoms with Crippen LogP contribution in [0.1, 0.15) is 49.9 Å². The van der Waals surface area contributed by atoms with E-state index in [1.807, 2.05) is 6.07 Å². The minimum atomic E-state index is -0.105. The molecule has 0 unspecified atom stereocenters. The highest BCUT2D eigenvalue weighted by Gasteiger charge is 2.40. The molecule has 0 saturated carbocycles. The van der Waals surface area contributed by atoms with Crippen molar-refractivity contribution in [1.82, 2.24) is 0 Å². The van der Waals surface area contributed by atoms with E-state index in [2.05, 4.69) is 190 Å². The highest BCUT2D eigenvalue weighted by Crippen LogP contribution is 2.58. The predicted molar refractivity (Wildman–Crippen MR) is 226 cm³/mol. The molecule has 0 N–H and O–H groups in total. The number of nitrogens with zero attached hydrogens (tertiary/aromatic N) is 1. The van der Waals surface area contributed by atoms with Crippen LogP contribution in [-0.2, 0) is 10.8 Å². The van der Waals surface area contributed by atoms with Crippen molar-refractivity contribution in [2.45, 2.75) is 38.5 Å². The second kappa shape index (κ2) is 11.1. The quantitative estimate of drug-likeness (QED) is 0.182. The summed E-state index contributed by atoms with van der Waals surface area (Å²) in [5.74, 6) is 0. The Morgan fingerprint density at radius 2 is 0.963 bits per heavy atom. The van der Waals surface area contributed by atoms with Crippen molar-refractivity contribution < 1.29 is 4.42 Å². The van der Waals surface area contributed by atoms with Gasteiger partial charge in [0.25, 0.3) is 0 Å². The van der Waals surface area contributed by atoms with Gasteiger partial charge in [-0.2, -0.15) is 0 Å². The summed E-state index contributed by atoms with van der Waals surface area (Å²) in [7, 11) is 0. The van der Waals surface area contributed by atoms with Gasteiger partial charge in [-0.25, -0.2) is 0 Å². The Kier molecular flexibility index (Phi) is 6.39. The van der Waals surface area contributed by atoms with E-state index in [0.717, 1.165) is 22.2 Å². The maximum Gasteiger partial charge on any atom is 0.136 e. The van der Waals surface area contributed by atoms with E-state index >= 15 is 0 Å². The van der Waals surface area contributed by atoms with Crippen LogP contribution in [0.2, 0.25) is 0 Å². The van der Waals surface area contributed by atoms with Gasteiger partial charge in [-0.15, -0.1) is 0 Å². The molecule has 2 heteroatoms. The average molecular weight is 694 g/mol. The van der Waals surface area contributed by atoms with Crippen molar-refractivity contribution in [1.29, 1.82) is 0 Å². The summed E-state index contributed by atoms with van der Waals surface area (Å²) < 4.78 is 6.26. The molecule has 2 aliphatic carbocycles. The molecule has 9 aromatic rings. The van der Waals surface area contributed by atoms with Gasteiger partial charge in [-0.1, -0.05) is 149 Å². The van der Waals surface area contributed by atoms with Gasteiger partial charge in [0.05, 0.1) is 11.4 Å². The van der Waals surface area contributed by atoms with Gasteiger partial charge in [-0.05, 0) is 97.7 Å². The Morgan fingerprint density at radius 1 is 0.426 bits per heavy atom. The van der Waals surface area contributed by atoms with Gasteiger partial charge in [0.15, 0.2) is 0 Å². The SMILES string of the molecule is CC1(C)c2ccccc2-c2c(N(c3ccc(-c4ccc5ccc6oc7ccccc7c6c5c4)cc3)c3cccc4c3-c3ccccc3C4(C)C)cccc21. The number of furan rings is 1. The lowest BCUT2D eigenvalue weighted by Gasteiger charge is -2.31. The topological polar surface area (TPSA) is 16.4 Å². The second-order valence-corrected chi connectivity index (χ2v) is 16.1. The first kappa shape index (κ1) is 31.2. The molecule has 11 rings (SSSR count). The molecule has 0 radical (unpaired) electrons. The zero-order chi connectivity index (χ0) is 36.3. The van der Waals surface area contributed by atoms with Crippen molar-refractivity contribution in [2.24, 2.45) is 0 Å². The summed E-state index contributed by atoms with van der Waals surface area (Å²) in [5.41, 5.74) is 18.3. The fourth-order valence-electron chi connectivity index (χ4n) is 9.78. The molecule has 2 aliphatic rings. The third-order valence-electron chi connectivity index (χ3n) is 12.5. The Hall–Kier alpha value is -6.38. The largest absolute Gasteiger partial charge is 0.456 e. The number of para-hydroxylation sites is 1. The predicted octanol–water partition coefficient (Wildman–Crippen LogP) is 14.5. The first-order valence-corrected chi connectivity index (χ1v) is 19.0. The third kappa shape index (κ3) is 4.23. The normalized spacial score (nSPS) is 14.6. The molecule has 0 amide bonds. The van der Waals surface area contributed by atoms with Crippen LogP contribution < -0.4 is 4.90 Å². The summed E-state index contributed by atoms with van der Waals surface area (Å²) in [4.78, 5) is 2.53. The van der Waals surface area contributed by atoms with Crippen LogP contribution in [0.15, 0.2) is 168 Å². The number of benzene rings is 8. The molecular weight excluding hydrogens is 655 g/mol. The number of anilines is 3. The molecule has 54 heavy (non-hydrogen) atoms. The van der Waals surface area contributed by atoms with Crippen LogP contribution in [0.25, 0.3) is 66.1 Å². The molecule has 0 saturated heterocycles. The van der Waals surface area contributed by atoms with Crippen LogP contribution in [0, 0.1) is 0 Å². The van der Waals surface area contributed by atoms with Crippen molar-refractivity contribution in [3.05, 3.63) is 186 Å². The minimum Gasteiger partial charge on any atom is -0.456 e. The fourth-order valence-corrected chi connectivity index (χ4v) is 9.78. The van der Waals surface area contributed by atoms with E-state index in [-0.39, 0.29) is 10.8 Å². The van der Waals surface area contributed by atoms with Gasteiger partial charge < -0.3 is 9.32 Å². The van der Waals surface area contributed by atoms with Gasteiger partial charge in [0.1, 0.15) is 11.2 Å². The highest BCUT2D eigenvalue weighted by molar-refractivity contribution is 6.19. The van der Waals surface area contributed by atoms with Gasteiger partial charge in [0, 0.05) is 38.4 Å². The Labute approximate surface area is 315 Å². The summed E-state index contributed by atoms with van der Waals surface area (Å²) in [6.45, 7) is 9.46. The molecule has 258 valence electrons. The molecule has 0 atom stereocenters. The molecular formula is C52H39NO. The van der Waals surface area contributed by atoms with E-state index in [1.165, 1.54) is 83.2 Å². The maximum atomic E-state index is 6.26. The monoisotopic (exact) mass is 693 g/mol. The first-order valence-electron chi connectivity index (χ1n) is 19.0. The zero-order valence-electron chi connectivity index (χ0n) is 30.9. The lowest BCUT2D eigenvalue weighted by atomic mass is 9.82. The summed E-state index contributed by atoms with van der Waals surface area (Å²) >= 11 is 0. The first-order chi connectivity index (χ1) is 26.3. The molecule has 8 aromatic carbocycles. The van der Waals surface area contributed by atoms with Crippen LogP contribution in [0.3, 0.4) is 0 Å². The molecule has 2 nitrogen and oxygen atoms in total. The molecule has 0 aliphatic heterocycles. The van der Waals surface area contributed by atoms with Gasteiger partial charge >= 0.3 is 0 Å². The molecule has 0 fully saturated rings. The Morgan fingerprint density at radius 3 is 1.61 bits per heavy atom. The lowest BCUT2D eigenvalue weighted by molar-refractivity contribution is 0.660. The molecule has 1 heterocycles. The van der Waals surface area contributed by atoms with E-state index in [0.29, 0.717) is 0 Å². The number of hydrogen-bond donors (Lipinski definition) is 0. The van der Waals surface area contributed by atoms with Crippen molar-refractivity contribution in [3.63, 3.8) is 0 Å². The second-order valence-electron chi connectivity index (χ2n) is 16.1. The summed E-state index contributed by atoms with van der Waals surface area (Å²) in [5, 5.41) is 4.75. The number of hydrogen-bond acceptors (Lipinski definition) is 2. The number of fused-ring (bicyclic) bond motifs is 11. The van der Waals surface area contributed by atoms with Gasteiger partial charge in [-0.3, -0.25) is 0 Å². The summed E-state index contributed by atoms with van der Waals surface area (Å²) in [6.07, 6.45) is 0. The Balaban J connectivity index is 1.12. The molecule has 1 aromatic heterocycles. The van der Waals surface area contributed by atoms with Crippen LogP contribution >= 0.6 is 0 Å². The lowest BCUT2D eigenvalue weighted by Crippen LogP contribution is -2.17. The van der Waals surface area contributed by atoms with Crippen LogP contribution in [-0.4, -0.2) is 0 Å². The fraction of sp³-hybridized carbons (Fsp3) is 0.115. The average Bonchev–Trinajstić information content (AvgIpc) is 3.79. The smallest absolute Gasteiger partial charge is 0.136 e. The van der Waals surface area contributed by atoms with Crippen molar-refractivity contribution >= 4 is 49.8 Å². The molecule has 0 bridgehead atoms. The number of rotatable bonds is 4. The Bertz CT molecular complexity index is 2890. The van der Waals surface area contributed by atoms with E-state index in [9.17, 15) is 0 Å². The minimum absolute atomic E-state index is 0.105. The van der Waals surface area contributed by atoms with E-state index in [1.54, 1.807) is 0 Å². The van der Waals surface area contributed by atoms with Crippen molar-refractivity contribution in [2.75, 3.05) is 4.90 Å². The standard InChI is InChI=1S/C52H39NO/c1-51(2)40-16-8-5-13-36(40)49-42(51)18-11-20-44(49)53(45-21-12-19-43-50(45)37-14-6-9-17-41(37)52(43,3)4)35-28-25-32(26-29-35)34-24-23-33-27-30-47-48(39(33)31-34)38-15-7-10-22-46(38)54-47/h5-31H,1-4H3. The molecule has 0 spiro atoms. The van der Waals surface area contributed by atoms with E-state index in [4.69, 9.17) is 4.42 Å².